The molecule has 4 rings (SSSR count). The number of aryl methyl sites for hydroxylation is 2. The normalized spacial score (nSPS) is 15.0. The van der Waals surface area contributed by atoms with Crippen LogP contribution < -0.4 is 10.3 Å². The standard InChI is InChI=1S/C26H35N7O8S/c1-4-7-22-21(17-27-35)18(3)24-26(34)28-25(29-32(22)24)20-16-19(8-9-23(20)40-5-2)42(38,39)31-13-11-30(12-14-31)10-6-15-41-33(36)37/h8-9,16-17,35H,4-7,10-15H2,1-3H3,(H,28,29,34)/b27-17+. The number of benzene rings is 1. The van der Waals surface area contributed by atoms with Crippen molar-refractivity contribution in [1.29, 1.82) is 0 Å². The van der Waals surface area contributed by atoms with E-state index in [1.807, 2.05) is 11.8 Å². The Kier molecular flexibility index (Phi) is 9.80. The van der Waals surface area contributed by atoms with Crippen molar-refractivity contribution in [2.24, 2.45) is 5.16 Å². The maximum absolute atomic E-state index is 13.7. The molecule has 0 atom stereocenters. The van der Waals surface area contributed by atoms with Gasteiger partial charge in [0.05, 0.1) is 35.6 Å². The fraction of sp³-hybridized carbons (Fsp3) is 0.500. The summed E-state index contributed by atoms with van der Waals surface area (Å²) < 4.78 is 36.0. The third kappa shape index (κ3) is 6.39. The second kappa shape index (κ2) is 13.3. The van der Waals surface area contributed by atoms with E-state index >= 15 is 0 Å². The number of hydrogen-bond donors (Lipinski definition) is 2. The average molecular weight is 606 g/mol. The number of nitrogens with zero attached hydrogens (tertiary/aromatic N) is 6. The molecular formula is C26H35N7O8S. The molecule has 42 heavy (non-hydrogen) atoms. The quantitative estimate of drug-likeness (QED) is 0.0961. The second-order valence-corrected chi connectivity index (χ2v) is 11.7. The number of fused-ring (bicyclic) bond motifs is 1. The van der Waals surface area contributed by atoms with E-state index in [1.54, 1.807) is 19.9 Å². The molecule has 15 nitrogen and oxygen atoms in total. The lowest BCUT2D eigenvalue weighted by Gasteiger charge is -2.34. The molecular weight excluding hydrogens is 570 g/mol. The van der Waals surface area contributed by atoms with E-state index in [2.05, 4.69) is 15.0 Å². The molecule has 0 saturated carbocycles. The first-order valence-corrected chi connectivity index (χ1v) is 15.1. The van der Waals surface area contributed by atoms with Crippen molar-refractivity contribution in [2.75, 3.05) is 45.9 Å². The third-order valence-electron chi connectivity index (χ3n) is 7.15. The lowest BCUT2D eigenvalue weighted by molar-refractivity contribution is -0.757. The predicted molar refractivity (Wildman–Crippen MR) is 153 cm³/mol. The monoisotopic (exact) mass is 605 g/mol. The van der Waals surface area contributed by atoms with E-state index in [9.17, 15) is 28.5 Å². The van der Waals surface area contributed by atoms with Gasteiger partial charge in [-0.3, -0.25) is 4.79 Å². The molecule has 16 heteroatoms. The molecule has 3 aromatic rings. The van der Waals surface area contributed by atoms with Crippen molar-refractivity contribution in [3.63, 3.8) is 0 Å². The van der Waals surface area contributed by atoms with Crippen molar-refractivity contribution >= 4 is 21.8 Å². The van der Waals surface area contributed by atoms with E-state index in [4.69, 9.17) is 9.84 Å². The minimum atomic E-state index is -3.90. The van der Waals surface area contributed by atoms with E-state index < -0.39 is 20.7 Å². The average Bonchev–Trinajstić information content (AvgIpc) is 3.22. The van der Waals surface area contributed by atoms with Crippen molar-refractivity contribution in [1.82, 2.24) is 23.8 Å². The Morgan fingerprint density at radius 1 is 1.24 bits per heavy atom. The lowest BCUT2D eigenvalue weighted by Crippen LogP contribution is -2.48. The van der Waals surface area contributed by atoms with Gasteiger partial charge < -0.3 is 24.7 Å². The first kappa shape index (κ1) is 30.9. The number of sulfonamides is 1. The highest BCUT2D eigenvalue weighted by Gasteiger charge is 2.30. The lowest BCUT2D eigenvalue weighted by atomic mass is 10.1. The van der Waals surface area contributed by atoms with E-state index in [-0.39, 0.29) is 30.4 Å². The third-order valence-corrected chi connectivity index (χ3v) is 9.04. The molecule has 0 unspecified atom stereocenters. The number of nitrogens with one attached hydrogen (secondary N) is 1. The van der Waals surface area contributed by atoms with Crippen LogP contribution in [0.5, 0.6) is 5.75 Å². The molecule has 1 aromatic carbocycles. The van der Waals surface area contributed by atoms with Gasteiger partial charge in [-0.25, -0.2) is 12.9 Å². The van der Waals surface area contributed by atoms with Crippen molar-refractivity contribution in [3.05, 3.63) is 55.5 Å². The summed E-state index contributed by atoms with van der Waals surface area (Å²) in [5.74, 6) is 0.494. The number of ether oxygens (including phenoxy) is 1. The summed E-state index contributed by atoms with van der Waals surface area (Å²) in [6.45, 7) is 7.82. The Morgan fingerprint density at radius 2 is 1.98 bits per heavy atom. The van der Waals surface area contributed by atoms with Crippen LogP contribution in [0.3, 0.4) is 0 Å². The molecule has 1 aliphatic rings. The van der Waals surface area contributed by atoms with Crippen LogP contribution in [-0.4, -0.2) is 94.7 Å². The largest absolute Gasteiger partial charge is 0.493 e. The SMILES string of the molecule is CCCc1c(/C=N/O)c(C)c2c(=O)[nH]c(-c3cc(S(=O)(=O)N4CCN(CCCO[N+](=O)[O-])CC4)ccc3OCC)nn12. The maximum atomic E-state index is 13.7. The fourth-order valence-corrected chi connectivity index (χ4v) is 6.60. The van der Waals surface area contributed by atoms with Crippen LogP contribution in [0.15, 0.2) is 33.0 Å². The summed E-state index contributed by atoms with van der Waals surface area (Å²) in [5, 5.41) is 26.5. The van der Waals surface area contributed by atoms with Crippen LogP contribution in [0.4, 0.5) is 0 Å². The summed E-state index contributed by atoms with van der Waals surface area (Å²) in [6, 6.07) is 4.48. The van der Waals surface area contributed by atoms with Crippen molar-refractivity contribution in [3.8, 4) is 17.1 Å². The van der Waals surface area contributed by atoms with Gasteiger partial charge in [0, 0.05) is 38.3 Å². The molecule has 2 N–H and O–H groups in total. The molecule has 0 radical (unpaired) electrons. The number of H-pyrrole nitrogens is 1. The Hall–Kier alpha value is -4.02. The summed E-state index contributed by atoms with van der Waals surface area (Å²) in [5.41, 5.74) is 2.10. The summed E-state index contributed by atoms with van der Waals surface area (Å²) in [7, 11) is -3.90. The Morgan fingerprint density at radius 3 is 2.62 bits per heavy atom. The number of aromatic amines is 1. The minimum absolute atomic E-state index is 0.0127. The van der Waals surface area contributed by atoms with Gasteiger partial charge in [-0.2, -0.15) is 4.31 Å². The second-order valence-electron chi connectivity index (χ2n) is 9.79. The predicted octanol–water partition coefficient (Wildman–Crippen LogP) is 2.06. The highest BCUT2D eigenvalue weighted by molar-refractivity contribution is 7.89. The molecule has 228 valence electrons. The zero-order valence-corrected chi connectivity index (χ0v) is 24.6. The summed E-state index contributed by atoms with van der Waals surface area (Å²) in [4.78, 5) is 32.8. The van der Waals surface area contributed by atoms with Crippen LogP contribution in [-0.2, 0) is 21.3 Å². The molecule has 0 spiro atoms. The molecule has 0 bridgehead atoms. The van der Waals surface area contributed by atoms with Gasteiger partial charge >= 0.3 is 0 Å². The Balaban J connectivity index is 1.67. The zero-order valence-electron chi connectivity index (χ0n) is 23.8. The Bertz CT molecular complexity index is 1630. The number of oxime groups is 1. The first-order valence-electron chi connectivity index (χ1n) is 13.7. The van der Waals surface area contributed by atoms with Gasteiger partial charge in [0.15, 0.2) is 5.82 Å². The van der Waals surface area contributed by atoms with Crippen molar-refractivity contribution < 1.29 is 28.3 Å². The fourth-order valence-electron chi connectivity index (χ4n) is 5.15. The van der Waals surface area contributed by atoms with Gasteiger partial charge in [0.25, 0.3) is 10.6 Å². The molecule has 1 fully saturated rings. The number of rotatable bonds is 13. The Labute approximate surface area is 242 Å². The van der Waals surface area contributed by atoms with Gasteiger partial charge in [0.1, 0.15) is 11.3 Å². The van der Waals surface area contributed by atoms with E-state index in [1.165, 1.54) is 27.2 Å². The minimum Gasteiger partial charge on any atom is -0.493 e. The molecule has 0 aliphatic carbocycles. The molecule has 1 aliphatic heterocycles. The highest BCUT2D eigenvalue weighted by atomic mass is 32.2. The molecule has 2 aromatic heterocycles. The van der Waals surface area contributed by atoms with Crippen LogP contribution in [0.1, 0.15) is 43.5 Å². The van der Waals surface area contributed by atoms with Crippen LogP contribution >= 0.6 is 0 Å². The number of hydrogen-bond acceptors (Lipinski definition) is 11. The van der Waals surface area contributed by atoms with Gasteiger partial charge in [0.2, 0.25) is 10.0 Å². The summed E-state index contributed by atoms with van der Waals surface area (Å²) >= 11 is 0. The van der Waals surface area contributed by atoms with Crippen LogP contribution in [0.2, 0.25) is 0 Å². The number of piperazine rings is 1. The highest BCUT2D eigenvalue weighted by Crippen LogP contribution is 2.32. The van der Waals surface area contributed by atoms with Gasteiger partial charge in [-0.05, 0) is 50.5 Å². The van der Waals surface area contributed by atoms with Crippen molar-refractivity contribution in [2.45, 2.75) is 44.9 Å². The topological polar surface area (TPSA) is 185 Å². The van der Waals surface area contributed by atoms with E-state index in [0.717, 1.165) is 6.42 Å². The molecule has 1 saturated heterocycles. The zero-order chi connectivity index (χ0) is 30.4. The van der Waals surface area contributed by atoms with Gasteiger partial charge in [-0.1, -0.05) is 18.5 Å². The summed E-state index contributed by atoms with van der Waals surface area (Å²) in [6.07, 6.45) is 3.06. The van der Waals surface area contributed by atoms with Crippen LogP contribution in [0.25, 0.3) is 16.9 Å². The van der Waals surface area contributed by atoms with E-state index in [0.29, 0.717) is 72.7 Å². The smallest absolute Gasteiger partial charge is 0.294 e. The molecule has 3 heterocycles. The molecule has 0 amide bonds. The van der Waals surface area contributed by atoms with Crippen LogP contribution in [0, 0.1) is 17.0 Å². The van der Waals surface area contributed by atoms with Gasteiger partial charge in [-0.15, -0.1) is 15.2 Å². The maximum Gasteiger partial charge on any atom is 0.294 e. The first-order chi connectivity index (χ1) is 20.1. The number of aromatic nitrogens is 3.